The molecule has 2 saturated carbocycles. The molecule has 1 atom stereocenters. The van der Waals surface area contributed by atoms with Crippen LogP contribution in [0.2, 0.25) is 0 Å². The van der Waals surface area contributed by atoms with Crippen molar-refractivity contribution < 1.29 is 4.74 Å². The van der Waals surface area contributed by atoms with Gasteiger partial charge in [-0.3, -0.25) is 0 Å². The van der Waals surface area contributed by atoms with Gasteiger partial charge in [-0.2, -0.15) is 0 Å². The first kappa shape index (κ1) is 14.3. The number of hydrogen-bond donors (Lipinski definition) is 1. The summed E-state index contributed by atoms with van der Waals surface area (Å²) in [4.78, 5) is 0. The Morgan fingerprint density at radius 3 is 2.33 bits per heavy atom. The van der Waals surface area contributed by atoms with Gasteiger partial charge < -0.3 is 10.1 Å². The highest BCUT2D eigenvalue weighted by molar-refractivity contribution is 5.00. The Labute approximate surface area is 113 Å². The van der Waals surface area contributed by atoms with E-state index in [1.807, 2.05) is 7.11 Å². The van der Waals surface area contributed by atoms with E-state index in [1.54, 1.807) is 0 Å². The lowest BCUT2D eigenvalue weighted by molar-refractivity contribution is -0.0562. The number of nitrogens with one attached hydrogen (secondary N) is 1. The summed E-state index contributed by atoms with van der Waals surface area (Å²) in [6.07, 6.45) is 13.6. The third kappa shape index (κ3) is 3.08. The third-order valence-corrected chi connectivity index (χ3v) is 5.16. The monoisotopic (exact) mass is 253 g/mol. The van der Waals surface area contributed by atoms with Crippen molar-refractivity contribution in [3.8, 4) is 0 Å². The predicted octanol–water partition coefficient (Wildman–Crippen LogP) is 3.89. The normalized spacial score (nSPS) is 26.3. The number of methoxy groups -OCH3 is 1. The fraction of sp³-hybridized carbons (Fsp3) is 1.00. The van der Waals surface area contributed by atoms with Gasteiger partial charge in [0.05, 0.1) is 5.60 Å². The Morgan fingerprint density at radius 1 is 1.11 bits per heavy atom. The van der Waals surface area contributed by atoms with Crippen LogP contribution in [0.15, 0.2) is 0 Å². The Morgan fingerprint density at radius 2 is 1.78 bits per heavy atom. The molecule has 0 aliphatic heterocycles. The molecule has 1 N–H and O–H groups in total. The van der Waals surface area contributed by atoms with Crippen LogP contribution in [0.1, 0.15) is 71.1 Å². The van der Waals surface area contributed by atoms with Crippen LogP contribution in [-0.4, -0.2) is 25.3 Å². The second-order valence-corrected chi connectivity index (χ2v) is 6.31. The summed E-state index contributed by atoms with van der Waals surface area (Å²) in [6.45, 7) is 3.41. The average molecular weight is 253 g/mol. The van der Waals surface area contributed by atoms with E-state index < -0.39 is 0 Å². The molecule has 0 heterocycles. The molecule has 0 aromatic carbocycles. The van der Waals surface area contributed by atoms with Crippen LogP contribution in [0.4, 0.5) is 0 Å². The van der Waals surface area contributed by atoms with Crippen LogP contribution in [0, 0.1) is 5.92 Å². The molecule has 0 spiro atoms. The molecule has 106 valence electrons. The summed E-state index contributed by atoms with van der Waals surface area (Å²) in [7, 11) is 1.94. The molecule has 2 rings (SSSR count). The smallest absolute Gasteiger partial charge is 0.0833 e. The molecule has 0 radical (unpaired) electrons. The zero-order valence-electron chi connectivity index (χ0n) is 12.3. The summed E-state index contributed by atoms with van der Waals surface area (Å²) < 4.78 is 6.05. The molecule has 2 heteroatoms. The van der Waals surface area contributed by atoms with Gasteiger partial charge in [0.15, 0.2) is 0 Å². The molecule has 18 heavy (non-hydrogen) atoms. The lowest BCUT2D eigenvalue weighted by atomic mass is 9.75. The van der Waals surface area contributed by atoms with Crippen LogP contribution >= 0.6 is 0 Å². The fourth-order valence-electron chi connectivity index (χ4n) is 4.17. The van der Waals surface area contributed by atoms with Crippen LogP contribution in [-0.2, 0) is 4.74 Å². The van der Waals surface area contributed by atoms with Gasteiger partial charge in [0.25, 0.3) is 0 Å². The molecule has 2 fully saturated rings. The zero-order valence-corrected chi connectivity index (χ0v) is 12.3. The average Bonchev–Trinajstić information content (AvgIpc) is 2.90. The first-order chi connectivity index (χ1) is 8.82. The number of hydrogen-bond acceptors (Lipinski definition) is 2. The summed E-state index contributed by atoms with van der Waals surface area (Å²) >= 11 is 0. The first-order valence-electron chi connectivity index (χ1n) is 8.11. The van der Waals surface area contributed by atoms with Crippen LogP contribution in [0.25, 0.3) is 0 Å². The maximum atomic E-state index is 6.05. The third-order valence-electron chi connectivity index (χ3n) is 5.16. The van der Waals surface area contributed by atoms with Crippen molar-refractivity contribution in [2.45, 2.75) is 82.8 Å². The minimum absolute atomic E-state index is 0.150. The highest BCUT2D eigenvalue weighted by Gasteiger charge is 2.44. The van der Waals surface area contributed by atoms with Gasteiger partial charge in [-0.1, -0.05) is 39.0 Å². The van der Waals surface area contributed by atoms with Gasteiger partial charge in [0, 0.05) is 13.2 Å². The second-order valence-electron chi connectivity index (χ2n) is 6.31. The van der Waals surface area contributed by atoms with E-state index in [0.29, 0.717) is 6.04 Å². The van der Waals surface area contributed by atoms with Crippen LogP contribution in [0.3, 0.4) is 0 Å². The SMILES string of the molecule is CCCNC(C1CCCCC1)C1(OC)CCCC1. The minimum Gasteiger partial charge on any atom is -0.377 e. The Bertz CT molecular complexity index is 229. The number of rotatable bonds is 6. The molecular weight excluding hydrogens is 222 g/mol. The van der Waals surface area contributed by atoms with E-state index in [4.69, 9.17) is 4.74 Å². The quantitative estimate of drug-likeness (QED) is 0.775. The van der Waals surface area contributed by atoms with Gasteiger partial charge >= 0.3 is 0 Å². The summed E-state index contributed by atoms with van der Waals surface area (Å²) in [5.74, 6) is 0.850. The molecule has 0 amide bonds. The van der Waals surface area contributed by atoms with Gasteiger partial charge in [0.1, 0.15) is 0 Å². The Balaban J connectivity index is 2.06. The highest BCUT2D eigenvalue weighted by Crippen LogP contribution is 2.41. The minimum atomic E-state index is 0.150. The lowest BCUT2D eigenvalue weighted by Gasteiger charge is -2.43. The molecule has 2 aliphatic carbocycles. The van der Waals surface area contributed by atoms with Gasteiger partial charge in [0.2, 0.25) is 0 Å². The number of ether oxygens (including phenoxy) is 1. The molecular formula is C16H31NO. The molecule has 0 aromatic heterocycles. The van der Waals surface area contributed by atoms with E-state index in [2.05, 4.69) is 12.2 Å². The standard InChI is InChI=1S/C16H31NO/c1-3-13-17-15(14-9-5-4-6-10-14)16(18-2)11-7-8-12-16/h14-15,17H,3-13H2,1-2H3. The van der Waals surface area contributed by atoms with Gasteiger partial charge in [-0.05, 0) is 44.6 Å². The van der Waals surface area contributed by atoms with Crippen molar-refractivity contribution in [2.24, 2.45) is 5.92 Å². The molecule has 2 aliphatic rings. The highest BCUT2D eigenvalue weighted by atomic mass is 16.5. The maximum absolute atomic E-state index is 6.05. The maximum Gasteiger partial charge on any atom is 0.0833 e. The van der Waals surface area contributed by atoms with E-state index >= 15 is 0 Å². The second kappa shape index (κ2) is 6.91. The van der Waals surface area contributed by atoms with Crippen molar-refractivity contribution in [1.29, 1.82) is 0 Å². The zero-order chi connectivity index (χ0) is 12.8. The molecule has 0 bridgehead atoms. The van der Waals surface area contributed by atoms with Crippen LogP contribution < -0.4 is 5.32 Å². The Hall–Kier alpha value is -0.0800. The van der Waals surface area contributed by atoms with Gasteiger partial charge in [-0.15, -0.1) is 0 Å². The summed E-state index contributed by atoms with van der Waals surface area (Å²) in [5, 5.41) is 3.85. The van der Waals surface area contributed by atoms with Crippen molar-refractivity contribution >= 4 is 0 Å². The molecule has 1 unspecified atom stereocenters. The topological polar surface area (TPSA) is 21.3 Å². The summed E-state index contributed by atoms with van der Waals surface area (Å²) in [5.41, 5.74) is 0.150. The predicted molar refractivity (Wildman–Crippen MR) is 76.9 cm³/mol. The van der Waals surface area contributed by atoms with Crippen molar-refractivity contribution in [1.82, 2.24) is 5.32 Å². The van der Waals surface area contributed by atoms with Crippen LogP contribution in [0.5, 0.6) is 0 Å². The first-order valence-corrected chi connectivity index (χ1v) is 8.11. The molecule has 0 aromatic rings. The van der Waals surface area contributed by atoms with E-state index in [9.17, 15) is 0 Å². The lowest BCUT2D eigenvalue weighted by Crippen LogP contribution is -2.55. The van der Waals surface area contributed by atoms with Crippen molar-refractivity contribution in [3.05, 3.63) is 0 Å². The van der Waals surface area contributed by atoms with E-state index in [0.717, 1.165) is 12.5 Å². The van der Waals surface area contributed by atoms with Crippen molar-refractivity contribution in [3.63, 3.8) is 0 Å². The Kier molecular flexibility index (Phi) is 5.50. The molecule has 2 nitrogen and oxygen atoms in total. The van der Waals surface area contributed by atoms with Crippen molar-refractivity contribution in [2.75, 3.05) is 13.7 Å². The van der Waals surface area contributed by atoms with Gasteiger partial charge in [-0.25, -0.2) is 0 Å². The summed E-state index contributed by atoms with van der Waals surface area (Å²) in [6, 6.07) is 0.602. The molecule has 0 saturated heterocycles. The van der Waals surface area contributed by atoms with E-state index in [1.165, 1.54) is 64.2 Å². The van der Waals surface area contributed by atoms with E-state index in [-0.39, 0.29) is 5.60 Å². The largest absolute Gasteiger partial charge is 0.377 e. The fourth-order valence-corrected chi connectivity index (χ4v) is 4.17.